The number of aryl methyl sites for hydroxylation is 1. The summed E-state index contributed by atoms with van der Waals surface area (Å²) >= 11 is 5.84. The van der Waals surface area contributed by atoms with Gasteiger partial charge < -0.3 is 4.52 Å². The molecule has 0 saturated heterocycles. The first kappa shape index (κ1) is 13.1. The van der Waals surface area contributed by atoms with Crippen molar-refractivity contribution in [1.82, 2.24) is 9.88 Å². The highest BCUT2D eigenvalue weighted by Crippen LogP contribution is 2.20. The monoisotopic (exact) mass is 286 g/mol. The van der Waals surface area contributed by atoms with E-state index in [0.717, 1.165) is 0 Å². The third-order valence-corrected chi connectivity index (χ3v) is 4.14. The number of hydrogen-bond donors (Lipinski definition) is 1. The zero-order valence-electron chi connectivity index (χ0n) is 9.55. The lowest BCUT2D eigenvalue weighted by atomic mass is 10.4. The van der Waals surface area contributed by atoms with Crippen LogP contribution >= 0.6 is 11.6 Å². The predicted octanol–water partition coefficient (Wildman–Crippen LogP) is 2.11. The lowest BCUT2D eigenvalue weighted by molar-refractivity contribution is 0.377. The van der Waals surface area contributed by atoms with Gasteiger partial charge in [0, 0.05) is 6.07 Å². The zero-order valence-corrected chi connectivity index (χ0v) is 11.1. The summed E-state index contributed by atoms with van der Waals surface area (Å²) in [7, 11) is -3.65. The van der Waals surface area contributed by atoms with Crippen LogP contribution in [0.5, 0.6) is 0 Å². The molecule has 0 radical (unpaired) electrons. The molecule has 0 atom stereocenters. The molecule has 2 aromatic rings. The molecule has 0 fully saturated rings. The van der Waals surface area contributed by atoms with Crippen molar-refractivity contribution < 1.29 is 12.9 Å². The molecule has 18 heavy (non-hydrogen) atoms. The van der Waals surface area contributed by atoms with Crippen LogP contribution in [0.3, 0.4) is 0 Å². The van der Waals surface area contributed by atoms with E-state index in [1.54, 1.807) is 25.1 Å². The Kier molecular flexibility index (Phi) is 3.70. The zero-order chi connectivity index (χ0) is 13.2. The van der Waals surface area contributed by atoms with Gasteiger partial charge in [0.05, 0.1) is 17.3 Å². The Balaban J connectivity index is 2.16. The molecule has 0 saturated carbocycles. The first-order chi connectivity index (χ1) is 8.49. The fraction of sp³-hybridized carbons (Fsp3) is 0.182. The summed E-state index contributed by atoms with van der Waals surface area (Å²) in [5.41, 5.74) is 0.696. The van der Waals surface area contributed by atoms with Gasteiger partial charge in [-0.25, -0.2) is 13.1 Å². The van der Waals surface area contributed by atoms with E-state index in [-0.39, 0.29) is 16.5 Å². The second kappa shape index (κ2) is 5.09. The highest BCUT2D eigenvalue weighted by molar-refractivity contribution is 7.89. The van der Waals surface area contributed by atoms with E-state index in [0.29, 0.717) is 11.5 Å². The maximum atomic E-state index is 12.0. The van der Waals surface area contributed by atoms with Crippen molar-refractivity contribution >= 4 is 21.6 Å². The fourth-order valence-corrected chi connectivity index (χ4v) is 2.92. The lowest BCUT2D eigenvalue weighted by Crippen LogP contribution is -2.23. The second-order valence-electron chi connectivity index (χ2n) is 3.69. The van der Waals surface area contributed by atoms with Gasteiger partial charge in [-0.05, 0) is 19.1 Å². The van der Waals surface area contributed by atoms with Gasteiger partial charge in [0.1, 0.15) is 4.90 Å². The van der Waals surface area contributed by atoms with Gasteiger partial charge in [-0.3, -0.25) is 0 Å². The number of hydrogen-bond acceptors (Lipinski definition) is 4. The van der Waals surface area contributed by atoms with E-state index in [1.165, 1.54) is 12.1 Å². The highest BCUT2D eigenvalue weighted by Gasteiger charge is 2.17. The quantitative estimate of drug-likeness (QED) is 0.934. The fourth-order valence-electron chi connectivity index (χ4n) is 1.41. The molecule has 2 rings (SSSR count). The van der Waals surface area contributed by atoms with Gasteiger partial charge in [0.2, 0.25) is 10.0 Å². The van der Waals surface area contributed by atoms with Crippen molar-refractivity contribution in [1.29, 1.82) is 0 Å². The molecule has 0 aliphatic rings. The van der Waals surface area contributed by atoms with E-state index in [1.807, 2.05) is 0 Å². The third-order valence-electron chi connectivity index (χ3n) is 2.24. The lowest BCUT2D eigenvalue weighted by Gasteiger charge is -2.06. The summed E-state index contributed by atoms with van der Waals surface area (Å²) in [5, 5.41) is 3.85. The molecule has 0 amide bonds. The summed E-state index contributed by atoms with van der Waals surface area (Å²) in [5.74, 6) is 0.447. The number of halogens is 1. The van der Waals surface area contributed by atoms with Gasteiger partial charge in [-0.1, -0.05) is 28.9 Å². The van der Waals surface area contributed by atoms with Crippen LogP contribution in [0.25, 0.3) is 0 Å². The maximum absolute atomic E-state index is 12.0. The minimum Gasteiger partial charge on any atom is -0.360 e. The van der Waals surface area contributed by atoms with Crippen LogP contribution in [0.15, 0.2) is 39.8 Å². The van der Waals surface area contributed by atoms with Crippen LogP contribution in [0.2, 0.25) is 5.02 Å². The first-order valence-electron chi connectivity index (χ1n) is 5.15. The molecule has 1 aromatic heterocycles. The van der Waals surface area contributed by atoms with Gasteiger partial charge in [-0.2, -0.15) is 0 Å². The van der Waals surface area contributed by atoms with Crippen molar-refractivity contribution in [2.45, 2.75) is 18.4 Å². The molecule has 5 nitrogen and oxygen atoms in total. The van der Waals surface area contributed by atoms with Crippen LogP contribution < -0.4 is 4.72 Å². The Morgan fingerprint density at radius 3 is 2.72 bits per heavy atom. The molecule has 0 spiro atoms. The van der Waals surface area contributed by atoms with E-state index in [2.05, 4.69) is 9.88 Å². The van der Waals surface area contributed by atoms with E-state index >= 15 is 0 Å². The Hall–Kier alpha value is -1.37. The van der Waals surface area contributed by atoms with Crippen molar-refractivity contribution in [2.75, 3.05) is 0 Å². The van der Waals surface area contributed by atoms with E-state index in [9.17, 15) is 8.42 Å². The molecule has 96 valence electrons. The molecular formula is C11H11ClN2O3S. The molecule has 7 heteroatoms. The summed E-state index contributed by atoms with van der Waals surface area (Å²) in [4.78, 5) is 0.0444. The normalized spacial score (nSPS) is 11.7. The van der Waals surface area contributed by atoms with Crippen LogP contribution in [0.4, 0.5) is 0 Å². The van der Waals surface area contributed by atoms with E-state index in [4.69, 9.17) is 16.1 Å². The average Bonchev–Trinajstić information content (AvgIpc) is 2.73. The summed E-state index contributed by atoms with van der Waals surface area (Å²) in [6, 6.07) is 7.90. The number of rotatable bonds is 4. The number of benzene rings is 1. The number of nitrogens with one attached hydrogen (secondary N) is 1. The van der Waals surface area contributed by atoms with E-state index < -0.39 is 10.0 Å². The van der Waals surface area contributed by atoms with Gasteiger partial charge in [0.25, 0.3) is 0 Å². The topological polar surface area (TPSA) is 72.2 Å². The predicted molar refractivity (Wildman–Crippen MR) is 66.7 cm³/mol. The molecule has 1 aromatic carbocycles. The maximum Gasteiger partial charge on any atom is 0.242 e. The third kappa shape index (κ3) is 2.90. The van der Waals surface area contributed by atoms with Crippen molar-refractivity contribution in [3.63, 3.8) is 0 Å². The molecule has 1 heterocycles. The first-order valence-corrected chi connectivity index (χ1v) is 7.01. The minimum absolute atomic E-state index is 0.0361. The Morgan fingerprint density at radius 1 is 1.39 bits per heavy atom. The Morgan fingerprint density at radius 2 is 2.11 bits per heavy atom. The molecule has 0 bridgehead atoms. The van der Waals surface area contributed by atoms with Crippen LogP contribution in [-0.4, -0.2) is 13.6 Å². The molecule has 0 unspecified atom stereocenters. The summed E-state index contributed by atoms with van der Waals surface area (Å²) in [6.07, 6.45) is 0. The summed E-state index contributed by atoms with van der Waals surface area (Å²) in [6.45, 7) is 1.80. The van der Waals surface area contributed by atoms with Gasteiger partial charge in [0.15, 0.2) is 5.76 Å². The SMILES string of the molecule is Cc1cc(CNS(=O)(=O)c2ccccc2Cl)on1. The Bertz CT molecular complexity index is 652. The van der Waals surface area contributed by atoms with Gasteiger partial charge in [-0.15, -0.1) is 0 Å². The van der Waals surface area contributed by atoms with Crippen molar-refractivity contribution in [3.05, 3.63) is 46.8 Å². The minimum atomic E-state index is -3.65. The van der Waals surface area contributed by atoms with Crippen molar-refractivity contribution in [3.8, 4) is 0 Å². The molecular weight excluding hydrogens is 276 g/mol. The number of nitrogens with zero attached hydrogens (tertiary/aromatic N) is 1. The number of sulfonamides is 1. The average molecular weight is 287 g/mol. The molecule has 1 N–H and O–H groups in total. The van der Waals surface area contributed by atoms with Gasteiger partial charge >= 0.3 is 0 Å². The van der Waals surface area contributed by atoms with Crippen LogP contribution in [0, 0.1) is 6.92 Å². The molecule has 0 aliphatic carbocycles. The Labute approximate surface area is 110 Å². The summed E-state index contributed by atoms with van der Waals surface area (Å²) < 4.78 is 31.3. The number of aromatic nitrogens is 1. The molecule has 0 aliphatic heterocycles. The standard InChI is InChI=1S/C11H11ClN2O3S/c1-8-6-9(17-14-8)7-13-18(15,16)11-5-3-2-4-10(11)12/h2-6,13H,7H2,1H3. The highest BCUT2D eigenvalue weighted by atomic mass is 35.5. The van der Waals surface area contributed by atoms with Crippen LogP contribution in [0.1, 0.15) is 11.5 Å². The second-order valence-corrected chi connectivity index (χ2v) is 5.83. The van der Waals surface area contributed by atoms with Crippen molar-refractivity contribution in [2.24, 2.45) is 0 Å². The smallest absolute Gasteiger partial charge is 0.242 e. The largest absolute Gasteiger partial charge is 0.360 e. The van der Waals surface area contributed by atoms with Crippen LogP contribution in [-0.2, 0) is 16.6 Å².